The van der Waals surface area contributed by atoms with Gasteiger partial charge in [0.2, 0.25) is 0 Å². The minimum atomic E-state index is -0.329. The fourth-order valence-corrected chi connectivity index (χ4v) is 4.23. The fourth-order valence-electron chi connectivity index (χ4n) is 3.81. The number of benzene rings is 2. The van der Waals surface area contributed by atoms with E-state index in [9.17, 15) is 0 Å². The molecule has 3 nitrogen and oxygen atoms in total. The zero-order chi connectivity index (χ0) is 19.1. The van der Waals surface area contributed by atoms with Crippen LogP contribution in [0.3, 0.4) is 0 Å². The Morgan fingerprint density at radius 3 is 2.63 bits per heavy atom. The average molecular weight is 431 g/mol. The summed E-state index contributed by atoms with van der Waals surface area (Å²) >= 11 is 3.68. The number of hydrogen-bond donors (Lipinski definition) is 1. The van der Waals surface area contributed by atoms with Crippen LogP contribution < -0.4 is 5.73 Å². The number of unbranched alkanes of at least 4 members (excludes halogenated alkanes) is 1. The molecule has 0 aromatic heterocycles. The summed E-state index contributed by atoms with van der Waals surface area (Å²) in [5, 5.41) is 0. The van der Waals surface area contributed by atoms with Gasteiger partial charge in [-0.15, -0.1) is 0 Å². The van der Waals surface area contributed by atoms with Gasteiger partial charge in [0.1, 0.15) is 0 Å². The van der Waals surface area contributed by atoms with Crippen molar-refractivity contribution in [2.24, 2.45) is 5.73 Å². The molecule has 27 heavy (non-hydrogen) atoms. The molecule has 0 bridgehead atoms. The minimum absolute atomic E-state index is 0.0496. The Morgan fingerprint density at radius 1 is 1.15 bits per heavy atom. The lowest BCUT2D eigenvalue weighted by atomic mass is 9.80. The zero-order valence-corrected chi connectivity index (χ0v) is 17.8. The lowest BCUT2D eigenvalue weighted by molar-refractivity contribution is -0.0537. The van der Waals surface area contributed by atoms with Crippen molar-refractivity contribution in [2.45, 2.75) is 50.8 Å². The maximum atomic E-state index is 6.97. The Balaban J connectivity index is 1.71. The Bertz CT molecular complexity index is 709. The molecule has 0 amide bonds. The Hall–Kier alpha value is -1.20. The first-order valence-corrected chi connectivity index (χ1v) is 10.8. The van der Waals surface area contributed by atoms with Crippen LogP contribution in [0, 0.1) is 0 Å². The van der Waals surface area contributed by atoms with Crippen LogP contribution in [0.15, 0.2) is 59.1 Å². The van der Waals surface area contributed by atoms with E-state index >= 15 is 0 Å². The van der Waals surface area contributed by atoms with Crippen LogP contribution in [0.1, 0.15) is 37.3 Å². The molecule has 1 aliphatic rings. The maximum Gasteiger partial charge on any atom is 0.0884 e. The molecule has 0 aliphatic carbocycles. The van der Waals surface area contributed by atoms with Crippen LogP contribution in [0.2, 0.25) is 0 Å². The van der Waals surface area contributed by atoms with Gasteiger partial charge in [-0.25, -0.2) is 0 Å². The number of nitrogens with zero attached hydrogens (tertiary/aromatic N) is 1. The quantitative estimate of drug-likeness (QED) is 0.612. The van der Waals surface area contributed by atoms with E-state index in [1.165, 1.54) is 11.1 Å². The molecule has 0 radical (unpaired) electrons. The highest BCUT2D eigenvalue weighted by atomic mass is 79.9. The van der Waals surface area contributed by atoms with Gasteiger partial charge in [0.05, 0.1) is 6.10 Å². The summed E-state index contributed by atoms with van der Waals surface area (Å²) in [5.74, 6) is 0. The summed E-state index contributed by atoms with van der Waals surface area (Å²) in [5.41, 5.74) is 9.25. The zero-order valence-electron chi connectivity index (χ0n) is 16.2. The third-order valence-electron chi connectivity index (χ3n) is 5.50. The van der Waals surface area contributed by atoms with Crippen molar-refractivity contribution in [3.05, 3.63) is 70.2 Å². The van der Waals surface area contributed by atoms with Crippen LogP contribution in [-0.2, 0) is 17.7 Å². The standard InChI is InChI=1S/C23H31BrN2O/c1-2-3-15-27-22-18-26(17-19-9-5-4-6-10-19)14-13-23(22,25)16-20-11-7-8-12-21(20)24/h4-12,22H,2-3,13-18,25H2,1H3. The van der Waals surface area contributed by atoms with Gasteiger partial charge in [0.25, 0.3) is 0 Å². The molecule has 1 aliphatic heterocycles. The molecule has 2 aromatic carbocycles. The van der Waals surface area contributed by atoms with Crippen LogP contribution in [0.5, 0.6) is 0 Å². The predicted molar refractivity (Wildman–Crippen MR) is 116 cm³/mol. The van der Waals surface area contributed by atoms with Gasteiger partial charge in [-0.1, -0.05) is 77.8 Å². The van der Waals surface area contributed by atoms with Crippen molar-refractivity contribution < 1.29 is 4.74 Å². The summed E-state index contributed by atoms with van der Waals surface area (Å²) in [4.78, 5) is 2.48. The number of ether oxygens (including phenoxy) is 1. The number of hydrogen-bond acceptors (Lipinski definition) is 3. The van der Waals surface area contributed by atoms with E-state index in [0.717, 1.165) is 56.4 Å². The van der Waals surface area contributed by atoms with E-state index in [1.54, 1.807) is 0 Å². The average Bonchev–Trinajstić information content (AvgIpc) is 2.67. The normalized spacial score (nSPS) is 23.4. The smallest absolute Gasteiger partial charge is 0.0884 e. The molecule has 2 atom stereocenters. The second kappa shape index (κ2) is 9.83. The first-order valence-electron chi connectivity index (χ1n) is 10.0. The lowest BCUT2D eigenvalue weighted by Gasteiger charge is -2.45. The lowest BCUT2D eigenvalue weighted by Crippen LogP contribution is -2.62. The highest BCUT2D eigenvalue weighted by Gasteiger charge is 2.41. The van der Waals surface area contributed by atoms with Gasteiger partial charge >= 0.3 is 0 Å². The topological polar surface area (TPSA) is 38.5 Å². The summed E-state index contributed by atoms with van der Waals surface area (Å²) in [7, 11) is 0. The number of likely N-dealkylation sites (tertiary alicyclic amines) is 1. The third kappa shape index (κ3) is 5.64. The van der Waals surface area contributed by atoms with E-state index in [-0.39, 0.29) is 11.6 Å². The van der Waals surface area contributed by atoms with E-state index in [2.05, 4.69) is 82.4 Å². The van der Waals surface area contributed by atoms with Gasteiger partial charge < -0.3 is 10.5 Å². The number of piperidine rings is 1. The highest BCUT2D eigenvalue weighted by Crippen LogP contribution is 2.30. The van der Waals surface area contributed by atoms with Crippen molar-refractivity contribution >= 4 is 15.9 Å². The molecule has 2 unspecified atom stereocenters. The second-order valence-electron chi connectivity index (χ2n) is 7.69. The first kappa shape index (κ1) is 20.5. The Morgan fingerprint density at radius 2 is 1.89 bits per heavy atom. The fraction of sp³-hybridized carbons (Fsp3) is 0.478. The Kier molecular flexibility index (Phi) is 7.48. The molecule has 1 heterocycles. The number of halogens is 1. The van der Waals surface area contributed by atoms with Crippen molar-refractivity contribution in [3.63, 3.8) is 0 Å². The second-order valence-corrected chi connectivity index (χ2v) is 8.54. The molecule has 3 rings (SSSR count). The summed E-state index contributed by atoms with van der Waals surface area (Å²) in [6.45, 7) is 5.83. The molecular weight excluding hydrogens is 400 g/mol. The molecule has 2 N–H and O–H groups in total. The Labute approximate surface area is 172 Å². The van der Waals surface area contributed by atoms with Gasteiger partial charge in [0, 0.05) is 36.3 Å². The van der Waals surface area contributed by atoms with Crippen molar-refractivity contribution in [2.75, 3.05) is 19.7 Å². The van der Waals surface area contributed by atoms with E-state index in [0.29, 0.717) is 0 Å². The van der Waals surface area contributed by atoms with Crippen molar-refractivity contribution in [3.8, 4) is 0 Å². The highest BCUT2D eigenvalue weighted by molar-refractivity contribution is 9.10. The van der Waals surface area contributed by atoms with Crippen LogP contribution in [-0.4, -0.2) is 36.2 Å². The van der Waals surface area contributed by atoms with Crippen LogP contribution >= 0.6 is 15.9 Å². The van der Waals surface area contributed by atoms with Crippen LogP contribution in [0.25, 0.3) is 0 Å². The summed E-state index contributed by atoms with van der Waals surface area (Å²) < 4.78 is 7.47. The number of rotatable bonds is 8. The van der Waals surface area contributed by atoms with Crippen molar-refractivity contribution in [1.82, 2.24) is 4.90 Å². The van der Waals surface area contributed by atoms with Crippen LogP contribution in [0.4, 0.5) is 0 Å². The van der Waals surface area contributed by atoms with E-state index in [1.807, 2.05) is 0 Å². The first-order chi connectivity index (χ1) is 13.1. The molecule has 0 saturated carbocycles. The third-order valence-corrected chi connectivity index (χ3v) is 6.28. The molecule has 146 valence electrons. The molecule has 4 heteroatoms. The van der Waals surface area contributed by atoms with Gasteiger partial charge in [-0.3, -0.25) is 4.90 Å². The minimum Gasteiger partial charge on any atom is -0.375 e. The summed E-state index contributed by atoms with van der Waals surface area (Å²) in [6.07, 6.45) is 4.05. The molecular formula is C23H31BrN2O. The molecule has 1 saturated heterocycles. The number of nitrogens with two attached hydrogens (primary N) is 1. The monoisotopic (exact) mass is 430 g/mol. The van der Waals surface area contributed by atoms with Crippen molar-refractivity contribution in [1.29, 1.82) is 0 Å². The van der Waals surface area contributed by atoms with E-state index in [4.69, 9.17) is 10.5 Å². The van der Waals surface area contributed by atoms with Gasteiger partial charge in [-0.2, -0.15) is 0 Å². The largest absolute Gasteiger partial charge is 0.375 e. The van der Waals surface area contributed by atoms with E-state index < -0.39 is 0 Å². The predicted octanol–water partition coefficient (Wildman–Crippen LogP) is 4.78. The summed E-state index contributed by atoms with van der Waals surface area (Å²) in [6, 6.07) is 19.1. The van der Waals surface area contributed by atoms with Gasteiger partial charge in [-0.05, 0) is 36.5 Å². The molecule has 0 spiro atoms. The van der Waals surface area contributed by atoms with Gasteiger partial charge in [0.15, 0.2) is 0 Å². The maximum absolute atomic E-state index is 6.97. The SMILES string of the molecule is CCCCOC1CN(Cc2ccccc2)CCC1(N)Cc1ccccc1Br. The molecule has 1 fully saturated rings. The molecule has 2 aromatic rings.